The van der Waals surface area contributed by atoms with Crippen molar-refractivity contribution in [1.82, 2.24) is 9.55 Å². The van der Waals surface area contributed by atoms with Gasteiger partial charge in [0.2, 0.25) is 11.9 Å². The lowest BCUT2D eigenvalue weighted by Crippen LogP contribution is -2.50. The van der Waals surface area contributed by atoms with Gasteiger partial charge in [0.15, 0.2) is 5.92 Å². The molecule has 1 aliphatic heterocycles. The number of nitrogens with zero attached hydrogens (tertiary/aromatic N) is 3. The van der Waals surface area contributed by atoms with E-state index >= 15 is 0 Å². The quantitative estimate of drug-likeness (QED) is 0.437. The van der Waals surface area contributed by atoms with Crippen molar-refractivity contribution >= 4 is 28.9 Å². The Labute approximate surface area is 180 Å². The number of amides is 1. The molecule has 1 aliphatic rings. The predicted octanol–water partition coefficient (Wildman–Crippen LogP) is 4.34. The van der Waals surface area contributed by atoms with Gasteiger partial charge in [-0.2, -0.15) is 0 Å². The lowest BCUT2D eigenvalue weighted by atomic mass is 9.89. The van der Waals surface area contributed by atoms with Gasteiger partial charge >= 0.3 is 5.97 Å². The van der Waals surface area contributed by atoms with Crippen LogP contribution in [0.25, 0.3) is 11.0 Å². The summed E-state index contributed by atoms with van der Waals surface area (Å²) in [6.45, 7) is 6.45. The summed E-state index contributed by atoms with van der Waals surface area (Å²) >= 11 is 0. The lowest BCUT2D eigenvalue weighted by molar-refractivity contribution is -0.153. The first-order valence-electron chi connectivity index (χ1n) is 10.6. The topological polar surface area (TPSA) is 64.4 Å². The molecule has 0 N–H and O–H groups in total. The highest BCUT2D eigenvalue weighted by atomic mass is 19.1. The van der Waals surface area contributed by atoms with Crippen LogP contribution in [0.2, 0.25) is 0 Å². The van der Waals surface area contributed by atoms with E-state index in [-0.39, 0.29) is 12.5 Å². The maximum Gasteiger partial charge on any atom is 0.321 e. The Bertz CT molecular complexity index is 1120. The molecule has 0 saturated carbocycles. The number of fused-ring (bicyclic) bond motifs is 3. The van der Waals surface area contributed by atoms with Crippen molar-refractivity contribution in [3.63, 3.8) is 0 Å². The van der Waals surface area contributed by atoms with Gasteiger partial charge in [0.05, 0.1) is 23.7 Å². The molecule has 0 saturated heterocycles. The Hall–Kier alpha value is -3.22. The number of halogens is 1. The van der Waals surface area contributed by atoms with Crippen LogP contribution in [0.1, 0.15) is 38.8 Å². The molecule has 0 bridgehead atoms. The maximum atomic E-state index is 14.2. The van der Waals surface area contributed by atoms with Gasteiger partial charge in [-0.1, -0.05) is 38.1 Å². The predicted molar refractivity (Wildman–Crippen MR) is 116 cm³/mol. The van der Waals surface area contributed by atoms with Crippen LogP contribution in [-0.4, -0.2) is 34.6 Å². The van der Waals surface area contributed by atoms with E-state index in [0.717, 1.165) is 11.9 Å². The van der Waals surface area contributed by atoms with E-state index in [4.69, 9.17) is 9.72 Å². The summed E-state index contributed by atoms with van der Waals surface area (Å²) in [4.78, 5) is 33.0. The number of ether oxygens (including phenoxy) is 1. The van der Waals surface area contributed by atoms with Crippen molar-refractivity contribution < 1.29 is 18.7 Å². The molecule has 1 amide bonds. The van der Waals surface area contributed by atoms with Crippen molar-refractivity contribution in [2.75, 3.05) is 18.1 Å². The fourth-order valence-corrected chi connectivity index (χ4v) is 4.14. The molecule has 162 valence electrons. The minimum Gasteiger partial charge on any atom is -0.465 e. The number of esters is 1. The number of carbonyl (C=O) groups is 2. The number of imidazole rings is 1. The first-order valence-corrected chi connectivity index (χ1v) is 10.6. The van der Waals surface area contributed by atoms with Gasteiger partial charge in [-0.3, -0.25) is 14.5 Å². The zero-order valence-corrected chi connectivity index (χ0v) is 17.9. The Kier molecular flexibility index (Phi) is 5.76. The second kappa shape index (κ2) is 8.49. The van der Waals surface area contributed by atoms with Gasteiger partial charge < -0.3 is 9.30 Å². The number of hydrogen-bond acceptors (Lipinski definition) is 4. The highest BCUT2D eigenvalue weighted by Crippen LogP contribution is 2.41. The first kappa shape index (κ1) is 21.0. The van der Waals surface area contributed by atoms with Crippen molar-refractivity contribution in [1.29, 1.82) is 0 Å². The molecule has 1 aromatic heterocycles. The maximum absolute atomic E-state index is 14.2. The van der Waals surface area contributed by atoms with E-state index in [2.05, 4.69) is 13.8 Å². The molecule has 2 atom stereocenters. The lowest BCUT2D eigenvalue weighted by Gasteiger charge is -2.38. The Morgan fingerprint density at radius 2 is 1.97 bits per heavy atom. The van der Waals surface area contributed by atoms with E-state index < -0.39 is 23.7 Å². The van der Waals surface area contributed by atoms with Crippen LogP contribution < -0.4 is 4.90 Å². The number of aromatic nitrogens is 2. The Morgan fingerprint density at radius 1 is 1.19 bits per heavy atom. The van der Waals surface area contributed by atoms with E-state index in [1.165, 1.54) is 12.1 Å². The molecule has 7 heteroatoms. The number of hydrogen-bond donors (Lipinski definition) is 0. The summed E-state index contributed by atoms with van der Waals surface area (Å²) in [5.41, 5.74) is 2.02. The van der Waals surface area contributed by atoms with Gasteiger partial charge in [0.1, 0.15) is 5.82 Å². The van der Waals surface area contributed by atoms with Crippen LogP contribution in [-0.2, 0) is 14.3 Å². The van der Waals surface area contributed by atoms with Crippen LogP contribution in [0.4, 0.5) is 10.3 Å². The van der Waals surface area contributed by atoms with E-state index in [1.54, 1.807) is 24.0 Å². The molecule has 0 fully saturated rings. The fraction of sp³-hybridized carbons (Fsp3) is 0.375. The second-order valence-corrected chi connectivity index (χ2v) is 8.17. The van der Waals surface area contributed by atoms with Crippen LogP contribution in [0.3, 0.4) is 0 Å². The van der Waals surface area contributed by atoms with Gasteiger partial charge in [-0.05, 0) is 49.1 Å². The third-order valence-electron chi connectivity index (χ3n) is 5.61. The monoisotopic (exact) mass is 423 g/mol. The van der Waals surface area contributed by atoms with Gasteiger partial charge in [-0.25, -0.2) is 9.37 Å². The summed E-state index contributed by atoms with van der Waals surface area (Å²) in [6, 6.07) is 12.8. The summed E-state index contributed by atoms with van der Waals surface area (Å²) < 4.78 is 21.3. The van der Waals surface area contributed by atoms with E-state index in [0.29, 0.717) is 29.5 Å². The SMILES string of the molecule is CCOC(=O)[C@H]1C(=O)N(CCC(C)C)c2nc3ccccc3n2[C@@H]1c1cccc(F)c1. The molecule has 0 spiro atoms. The molecule has 6 nitrogen and oxygen atoms in total. The number of rotatable bonds is 6. The van der Waals surface area contributed by atoms with Crippen LogP contribution >= 0.6 is 0 Å². The Balaban J connectivity index is 1.97. The van der Waals surface area contributed by atoms with E-state index in [9.17, 15) is 14.0 Å². The molecule has 31 heavy (non-hydrogen) atoms. The molecule has 4 rings (SSSR count). The van der Waals surface area contributed by atoms with Crippen molar-refractivity contribution in [2.45, 2.75) is 33.2 Å². The first-order chi connectivity index (χ1) is 14.9. The normalized spacial score (nSPS) is 18.5. The summed E-state index contributed by atoms with van der Waals surface area (Å²) in [5, 5.41) is 0. The average molecular weight is 423 g/mol. The highest BCUT2D eigenvalue weighted by Gasteiger charge is 2.47. The third kappa shape index (κ3) is 3.80. The summed E-state index contributed by atoms with van der Waals surface area (Å²) in [7, 11) is 0. The van der Waals surface area contributed by atoms with Crippen molar-refractivity contribution in [2.24, 2.45) is 11.8 Å². The molecule has 0 unspecified atom stereocenters. The average Bonchev–Trinajstić information content (AvgIpc) is 3.11. The minimum atomic E-state index is -1.13. The number of carbonyl (C=O) groups excluding carboxylic acids is 2. The molecule has 0 aliphatic carbocycles. The standard InChI is InChI=1S/C24H26FN3O3/c1-4-31-23(30)20-21(16-8-7-9-17(25)14-16)28-19-11-6-5-10-18(19)26-24(28)27(22(20)29)13-12-15(2)3/h5-11,14-15,20-21H,4,12-13H2,1-3H3/t20-,21-/m1/s1. The smallest absolute Gasteiger partial charge is 0.321 e. The van der Waals surface area contributed by atoms with Crippen molar-refractivity contribution in [3.8, 4) is 0 Å². The molecule has 2 heterocycles. The van der Waals surface area contributed by atoms with Gasteiger partial charge in [0.25, 0.3) is 0 Å². The van der Waals surface area contributed by atoms with Crippen LogP contribution in [0.5, 0.6) is 0 Å². The number of para-hydroxylation sites is 2. The molecular formula is C24H26FN3O3. The summed E-state index contributed by atoms with van der Waals surface area (Å²) in [6.07, 6.45) is 0.759. The highest BCUT2D eigenvalue weighted by molar-refractivity contribution is 6.08. The molecule has 0 radical (unpaired) electrons. The van der Waals surface area contributed by atoms with Crippen LogP contribution in [0.15, 0.2) is 48.5 Å². The largest absolute Gasteiger partial charge is 0.465 e. The number of benzene rings is 2. The van der Waals surface area contributed by atoms with Crippen LogP contribution in [0, 0.1) is 17.7 Å². The van der Waals surface area contributed by atoms with E-state index in [1.807, 2.05) is 28.8 Å². The molecular weight excluding hydrogens is 397 g/mol. The fourth-order valence-electron chi connectivity index (χ4n) is 4.14. The minimum absolute atomic E-state index is 0.155. The van der Waals surface area contributed by atoms with Gasteiger partial charge in [-0.15, -0.1) is 0 Å². The second-order valence-electron chi connectivity index (χ2n) is 8.17. The van der Waals surface area contributed by atoms with Crippen molar-refractivity contribution in [3.05, 3.63) is 59.9 Å². The third-order valence-corrected chi connectivity index (χ3v) is 5.61. The Morgan fingerprint density at radius 3 is 2.68 bits per heavy atom. The molecule has 2 aromatic carbocycles. The van der Waals surface area contributed by atoms with Gasteiger partial charge in [0, 0.05) is 6.54 Å². The molecule has 3 aromatic rings. The number of anilines is 1. The zero-order chi connectivity index (χ0) is 22.1. The summed E-state index contributed by atoms with van der Waals surface area (Å²) in [5.74, 6) is -1.69. The zero-order valence-electron chi connectivity index (χ0n) is 17.9.